The Hall–Kier alpha value is -2.28. The van der Waals surface area contributed by atoms with Crippen LogP contribution >= 0.6 is 0 Å². The molecule has 0 amide bonds. The molecule has 0 aromatic carbocycles. The number of nitrogens with zero attached hydrogens (tertiary/aromatic N) is 6. The van der Waals surface area contributed by atoms with Gasteiger partial charge in [0.25, 0.3) is 0 Å². The lowest BCUT2D eigenvalue weighted by Crippen LogP contribution is -2.41. The molecule has 0 aliphatic carbocycles. The SMILES string of the molecule is c1cnc(N2CCOCC2c2nccc(N3CCCCC3)n2)nc1. The van der Waals surface area contributed by atoms with Crippen molar-refractivity contribution in [2.24, 2.45) is 0 Å². The van der Waals surface area contributed by atoms with Crippen molar-refractivity contribution in [2.75, 3.05) is 42.6 Å². The van der Waals surface area contributed by atoms with E-state index in [2.05, 4.69) is 24.8 Å². The van der Waals surface area contributed by atoms with Gasteiger partial charge in [-0.3, -0.25) is 0 Å². The van der Waals surface area contributed by atoms with Crippen LogP contribution < -0.4 is 9.80 Å². The molecule has 0 spiro atoms. The fourth-order valence-electron chi connectivity index (χ4n) is 3.32. The van der Waals surface area contributed by atoms with Crippen molar-refractivity contribution in [1.82, 2.24) is 19.9 Å². The molecule has 2 saturated heterocycles. The second kappa shape index (κ2) is 7.09. The second-order valence-corrected chi connectivity index (χ2v) is 6.15. The summed E-state index contributed by atoms with van der Waals surface area (Å²) in [6.45, 7) is 4.11. The van der Waals surface area contributed by atoms with E-state index in [-0.39, 0.29) is 6.04 Å². The lowest BCUT2D eigenvalue weighted by molar-refractivity contribution is 0.0908. The molecule has 126 valence electrons. The summed E-state index contributed by atoms with van der Waals surface area (Å²) in [4.78, 5) is 22.6. The van der Waals surface area contributed by atoms with Gasteiger partial charge in [-0.2, -0.15) is 0 Å². The third kappa shape index (κ3) is 3.17. The Balaban J connectivity index is 1.61. The number of aromatic nitrogens is 4. The van der Waals surface area contributed by atoms with Crippen LogP contribution in [0.4, 0.5) is 11.8 Å². The van der Waals surface area contributed by atoms with E-state index in [0.29, 0.717) is 19.2 Å². The van der Waals surface area contributed by atoms with Crippen molar-refractivity contribution in [3.63, 3.8) is 0 Å². The maximum absolute atomic E-state index is 5.68. The quantitative estimate of drug-likeness (QED) is 0.852. The van der Waals surface area contributed by atoms with E-state index in [9.17, 15) is 0 Å². The van der Waals surface area contributed by atoms with Gasteiger partial charge in [-0.1, -0.05) is 0 Å². The van der Waals surface area contributed by atoms with Gasteiger partial charge in [-0.25, -0.2) is 19.9 Å². The zero-order chi connectivity index (χ0) is 16.2. The van der Waals surface area contributed by atoms with E-state index in [1.807, 2.05) is 18.3 Å². The van der Waals surface area contributed by atoms with Crippen molar-refractivity contribution in [3.05, 3.63) is 36.5 Å². The molecule has 4 heterocycles. The molecular weight excluding hydrogens is 304 g/mol. The maximum Gasteiger partial charge on any atom is 0.226 e. The number of ether oxygens (including phenoxy) is 1. The Kier molecular flexibility index (Phi) is 4.51. The van der Waals surface area contributed by atoms with Crippen molar-refractivity contribution in [2.45, 2.75) is 25.3 Å². The molecule has 0 radical (unpaired) electrons. The van der Waals surface area contributed by atoms with E-state index in [0.717, 1.165) is 31.3 Å². The predicted octanol–water partition coefficient (Wildman–Crippen LogP) is 1.83. The van der Waals surface area contributed by atoms with Crippen LogP contribution in [0.5, 0.6) is 0 Å². The van der Waals surface area contributed by atoms with Crippen molar-refractivity contribution in [1.29, 1.82) is 0 Å². The first-order chi connectivity index (χ1) is 11.9. The lowest BCUT2D eigenvalue weighted by Gasteiger charge is -2.35. The number of rotatable bonds is 3. The van der Waals surface area contributed by atoms with Gasteiger partial charge in [0, 0.05) is 38.2 Å². The normalized spacial score (nSPS) is 21.8. The largest absolute Gasteiger partial charge is 0.377 e. The maximum atomic E-state index is 5.68. The molecule has 0 saturated carbocycles. The molecule has 2 aromatic heterocycles. The zero-order valence-electron chi connectivity index (χ0n) is 13.7. The second-order valence-electron chi connectivity index (χ2n) is 6.15. The summed E-state index contributed by atoms with van der Waals surface area (Å²) in [6, 6.07) is 3.78. The van der Waals surface area contributed by atoms with Gasteiger partial charge in [-0.15, -0.1) is 0 Å². The molecule has 0 N–H and O–H groups in total. The summed E-state index contributed by atoms with van der Waals surface area (Å²) in [7, 11) is 0. The highest BCUT2D eigenvalue weighted by Crippen LogP contribution is 2.26. The minimum Gasteiger partial charge on any atom is -0.377 e. The van der Waals surface area contributed by atoms with Crippen LogP contribution in [0.1, 0.15) is 31.1 Å². The van der Waals surface area contributed by atoms with Crippen LogP contribution in [-0.2, 0) is 4.74 Å². The number of anilines is 2. The van der Waals surface area contributed by atoms with Gasteiger partial charge in [0.2, 0.25) is 5.95 Å². The standard InChI is InChI=1S/C17H22N6O/c1-2-9-22(10-3-1)15-5-8-18-16(21-15)14-13-24-12-11-23(14)17-19-6-4-7-20-17/h4-8,14H,1-3,9-13H2. The Labute approximate surface area is 141 Å². The number of hydrogen-bond donors (Lipinski definition) is 0. The van der Waals surface area contributed by atoms with Gasteiger partial charge in [0.15, 0.2) is 5.82 Å². The Morgan fingerprint density at radius 3 is 2.62 bits per heavy atom. The number of hydrogen-bond acceptors (Lipinski definition) is 7. The van der Waals surface area contributed by atoms with E-state index >= 15 is 0 Å². The summed E-state index contributed by atoms with van der Waals surface area (Å²) in [5, 5.41) is 0. The highest BCUT2D eigenvalue weighted by Gasteiger charge is 2.29. The first kappa shape index (κ1) is 15.3. The summed E-state index contributed by atoms with van der Waals surface area (Å²) in [5.41, 5.74) is 0. The van der Waals surface area contributed by atoms with Gasteiger partial charge >= 0.3 is 0 Å². The highest BCUT2D eigenvalue weighted by atomic mass is 16.5. The molecule has 2 aliphatic rings. The van der Waals surface area contributed by atoms with Crippen molar-refractivity contribution in [3.8, 4) is 0 Å². The summed E-state index contributed by atoms with van der Waals surface area (Å²) in [6.07, 6.45) is 9.15. The first-order valence-corrected chi connectivity index (χ1v) is 8.61. The van der Waals surface area contributed by atoms with E-state index in [4.69, 9.17) is 9.72 Å². The summed E-state index contributed by atoms with van der Waals surface area (Å²) in [5.74, 6) is 2.50. The van der Waals surface area contributed by atoms with Crippen molar-refractivity contribution >= 4 is 11.8 Å². The monoisotopic (exact) mass is 326 g/mol. The molecule has 1 atom stereocenters. The van der Waals surface area contributed by atoms with Crippen LogP contribution in [0.15, 0.2) is 30.7 Å². The van der Waals surface area contributed by atoms with Crippen LogP contribution in [-0.4, -0.2) is 52.8 Å². The molecule has 7 nitrogen and oxygen atoms in total. The minimum atomic E-state index is -0.0501. The van der Waals surface area contributed by atoms with Gasteiger partial charge in [0.05, 0.1) is 13.2 Å². The smallest absolute Gasteiger partial charge is 0.226 e. The van der Waals surface area contributed by atoms with E-state index in [1.165, 1.54) is 19.3 Å². The van der Waals surface area contributed by atoms with Crippen LogP contribution in [0.25, 0.3) is 0 Å². The van der Waals surface area contributed by atoms with Crippen molar-refractivity contribution < 1.29 is 4.74 Å². The zero-order valence-corrected chi connectivity index (χ0v) is 13.7. The van der Waals surface area contributed by atoms with Gasteiger partial charge < -0.3 is 14.5 Å². The Bertz CT molecular complexity index is 661. The highest BCUT2D eigenvalue weighted by molar-refractivity contribution is 5.40. The number of piperidine rings is 1. The molecule has 24 heavy (non-hydrogen) atoms. The van der Waals surface area contributed by atoms with Crippen LogP contribution in [0.2, 0.25) is 0 Å². The van der Waals surface area contributed by atoms with Gasteiger partial charge in [0.1, 0.15) is 11.9 Å². The summed E-state index contributed by atoms with van der Waals surface area (Å²) < 4.78 is 5.68. The topological polar surface area (TPSA) is 67.3 Å². The Morgan fingerprint density at radius 1 is 0.958 bits per heavy atom. The van der Waals surface area contributed by atoms with Crippen LogP contribution in [0, 0.1) is 0 Å². The third-order valence-corrected chi connectivity index (χ3v) is 4.58. The average Bonchev–Trinajstić information content (AvgIpc) is 2.69. The molecule has 0 bridgehead atoms. The minimum absolute atomic E-state index is 0.0501. The fourth-order valence-corrected chi connectivity index (χ4v) is 3.32. The molecule has 2 fully saturated rings. The molecule has 1 unspecified atom stereocenters. The molecule has 2 aliphatic heterocycles. The predicted molar refractivity (Wildman–Crippen MR) is 91.0 cm³/mol. The number of morpholine rings is 1. The molecule has 7 heteroatoms. The van der Waals surface area contributed by atoms with E-state index in [1.54, 1.807) is 12.4 Å². The fraction of sp³-hybridized carbons (Fsp3) is 0.529. The lowest BCUT2D eigenvalue weighted by atomic mass is 10.1. The first-order valence-electron chi connectivity index (χ1n) is 8.61. The van der Waals surface area contributed by atoms with Gasteiger partial charge in [-0.05, 0) is 31.4 Å². The third-order valence-electron chi connectivity index (χ3n) is 4.58. The van der Waals surface area contributed by atoms with E-state index < -0.39 is 0 Å². The summed E-state index contributed by atoms with van der Waals surface area (Å²) >= 11 is 0. The van der Waals surface area contributed by atoms with Crippen LogP contribution in [0.3, 0.4) is 0 Å². The average molecular weight is 326 g/mol. The molecule has 2 aromatic rings. The molecular formula is C17H22N6O. The molecule has 4 rings (SSSR count). The Morgan fingerprint density at radius 2 is 1.79 bits per heavy atom.